The molecular weight excluding hydrogens is 224 g/mol. The second-order valence-corrected chi connectivity index (χ2v) is 4.20. The lowest BCUT2D eigenvalue weighted by atomic mass is 10.1. The number of hydrogen-bond donors (Lipinski definition) is 0. The SMILES string of the molecule is Cc1cccc2cc(C(=O)CCCCl)oc12. The van der Waals surface area contributed by atoms with E-state index in [1.54, 1.807) is 6.07 Å². The summed E-state index contributed by atoms with van der Waals surface area (Å²) in [6.07, 6.45) is 1.14. The summed E-state index contributed by atoms with van der Waals surface area (Å²) in [7, 11) is 0. The van der Waals surface area contributed by atoms with Crippen LogP contribution in [0.25, 0.3) is 11.0 Å². The zero-order chi connectivity index (χ0) is 11.5. The summed E-state index contributed by atoms with van der Waals surface area (Å²) in [5.74, 6) is 0.969. The second-order valence-electron chi connectivity index (χ2n) is 3.82. The molecule has 0 saturated heterocycles. The van der Waals surface area contributed by atoms with E-state index in [1.807, 2.05) is 25.1 Å². The summed E-state index contributed by atoms with van der Waals surface area (Å²) in [6.45, 7) is 1.97. The molecule has 0 aliphatic carbocycles. The molecule has 1 heterocycles. The first kappa shape index (κ1) is 11.2. The molecule has 3 heteroatoms. The van der Waals surface area contributed by atoms with E-state index in [2.05, 4.69) is 0 Å². The van der Waals surface area contributed by atoms with Crippen LogP contribution in [-0.4, -0.2) is 11.7 Å². The predicted molar refractivity (Wildman–Crippen MR) is 65.2 cm³/mol. The van der Waals surface area contributed by atoms with Gasteiger partial charge in [-0.1, -0.05) is 18.2 Å². The number of benzene rings is 1. The fraction of sp³-hybridized carbons (Fsp3) is 0.308. The standard InChI is InChI=1S/C13H13ClO2/c1-9-4-2-5-10-8-12(16-13(9)10)11(15)6-3-7-14/h2,4-5,8H,3,6-7H2,1H3. The molecule has 16 heavy (non-hydrogen) atoms. The first-order valence-electron chi connectivity index (χ1n) is 5.30. The zero-order valence-corrected chi connectivity index (χ0v) is 9.88. The summed E-state index contributed by atoms with van der Waals surface area (Å²) in [5, 5.41) is 0.981. The molecule has 1 aromatic heterocycles. The van der Waals surface area contributed by atoms with Crippen molar-refractivity contribution in [2.75, 3.05) is 5.88 Å². The number of ketones is 1. The number of fused-ring (bicyclic) bond motifs is 1. The molecule has 0 amide bonds. The fourth-order valence-corrected chi connectivity index (χ4v) is 1.83. The molecule has 1 aromatic carbocycles. The van der Waals surface area contributed by atoms with Gasteiger partial charge in [-0.25, -0.2) is 0 Å². The largest absolute Gasteiger partial charge is 0.453 e. The van der Waals surface area contributed by atoms with Crippen LogP contribution >= 0.6 is 11.6 Å². The van der Waals surface area contributed by atoms with Crippen molar-refractivity contribution >= 4 is 28.4 Å². The number of para-hydroxylation sites is 1. The van der Waals surface area contributed by atoms with Crippen molar-refractivity contribution in [3.8, 4) is 0 Å². The van der Waals surface area contributed by atoms with Crippen LogP contribution in [0.4, 0.5) is 0 Å². The number of carbonyl (C=O) groups excluding carboxylic acids is 1. The lowest BCUT2D eigenvalue weighted by molar-refractivity contribution is 0.0957. The molecule has 0 spiro atoms. The topological polar surface area (TPSA) is 30.2 Å². The Bertz CT molecular complexity index is 514. The van der Waals surface area contributed by atoms with E-state index in [1.165, 1.54) is 0 Å². The normalized spacial score (nSPS) is 10.9. The van der Waals surface area contributed by atoms with Crippen LogP contribution in [0.2, 0.25) is 0 Å². The molecule has 84 valence electrons. The van der Waals surface area contributed by atoms with Crippen molar-refractivity contribution in [2.24, 2.45) is 0 Å². The van der Waals surface area contributed by atoms with Crippen LogP contribution in [0, 0.1) is 6.92 Å². The smallest absolute Gasteiger partial charge is 0.198 e. The van der Waals surface area contributed by atoms with Crippen molar-refractivity contribution in [3.05, 3.63) is 35.6 Å². The molecule has 0 radical (unpaired) electrons. The van der Waals surface area contributed by atoms with Gasteiger partial charge in [-0.2, -0.15) is 0 Å². The van der Waals surface area contributed by atoms with Gasteiger partial charge in [-0.15, -0.1) is 11.6 Å². The maximum atomic E-state index is 11.7. The molecule has 0 unspecified atom stereocenters. The summed E-state index contributed by atoms with van der Waals surface area (Å²) in [5.41, 5.74) is 1.85. The molecule has 0 aliphatic heterocycles. The maximum Gasteiger partial charge on any atom is 0.198 e. The minimum Gasteiger partial charge on any atom is -0.453 e. The second kappa shape index (κ2) is 4.71. The maximum absolute atomic E-state index is 11.7. The first-order valence-corrected chi connectivity index (χ1v) is 5.84. The van der Waals surface area contributed by atoms with E-state index < -0.39 is 0 Å². The fourth-order valence-electron chi connectivity index (χ4n) is 1.70. The van der Waals surface area contributed by atoms with Gasteiger partial charge < -0.3 is 4.42 Å². The number of carbonyl (C=O) groups is 1. The summed E-state index contributed by atoms with van der Waals surface area (Å²) < 4.78 is 5.57. The number of rotatable bonds is 4. The Kier molecular flexibility index (Phi) is 3.30. The molecule has 2 nitrogen and oxygen atoms in total. The van der Waals surface area contributed by atoms with Gasteiger partial charge in [0.25, 0.3) is 0 Å². The van der Waals surface area contributed by atoms with Gasteiger partial charge in [-0.3, -0.25) is 4.79 Å². The predicted octanol–water partition coefficient (Wildman–Crippen LogP) is 3.94. The third kappa shape index (κ3) is 2.12. The summed E-state index contributed by atoms with van der Waals surface area (Å²) in [4.78, 5) is 11.7. The average molecular weight is 237 g/mol. The van der Waals surface area contributed by atoms with E-state index in [0.29, 0.717) is 24.5 Å². The van der Waals surface area contributed by atoms with Gasteiger partial charge in [-0.05, 0) is 25.0 Å². The molecule has 0 fully saturated rings. The molecule has 0 aliphatic rings. The molecule has 0 atom stereocenters. The quantitative estimate of drug-likeness (QED) is 0.595. The molecular formula is C13H13ClO2. The minimum absolute atomic E-state index is 0.0243. The van der Waals surface area contributed by atoms with Gasteiger partial charge in [0.2, 0.25) is 0 Å². The van der Waals surface area contributed by atoms with E-state index in [4.69, 9.17) is 16.0 Å². The lowest BCUT2D eigenvalue weighted by Gasteiger charge is -1.94. The number of hydrogen-bond acceptors (Lipinski definition) is 2. The van der Waals surface area contributed by atoms with E-state index in [0.717, 1.165) is 16.5 Å². The third-order valence-electron chi connectivity index (χ3n) is 2.55. The van der Waals surface area contributed by atoms with E-state index >= 15 is 0 Å². The van der Waals surface area contributed by atoms with Crippen LogP contribution in [0.15, 0.2) is 28.7 Å². The first-order chi connectivity index (χ1) is 7.72. The highest BCUT2D eigenvalue weighted by molar-refractivity contribution is 6.18. The summed E-state index contributed by atoms with van der Waals surface area (Å²) in [6, 6.07) is 7.68. The lowest BCUT2D eigenvalue weighted by Crippen LogP contribution is -1.96. The highest BCUT2D eigenvalue weighted by Crippen LogP contribution is 2.23. The molecule has 2 rings (SSSR count). The van der Waals surface area contributed by atoms with Gasteiger partial charge in [0.15, 0.2) is 11.5 Å². The molecule has 0 saturated carbocycles. The Labute approximate surface area is 99.2 Å². The minimum atomic E-state index is 0.0243. The number of alkyl halides is 1. The highest BCUT2D eigenvalue weighted by atomic mass is 35.5. The van der Waals surface area contributed by atoms with Crippen LogP contribution in [0.1, 0.15) is 29.0 Å². The number of halogens is 1. The Morgan fingerprint density at radius 3 is 2.94 bits per heavy atom. The third-order valence-corrected chi connectivity index (χ3v) is 2.82. The van der Waals surface area contributed by atoms with Crippen LogP contribution in [0.3, 0.4) is 0 Å². The van der Waals surface area contributed by atoms with Crippen molar-refractivity contribution in [2.45, 2.75) is 19.8 Å². The van der Waals surface area contributed by atoms with Crippen molar-refractivity contribution in [3.63, 3.8) is 0 Å². The van der Waals surface area contributed by atoms with Crippen molar-refractivity contribution in [1.82, 2.24) is 0 Å². The number of aryl methyl sites for hydroxylation is 1. The number of Topliss-reactive ketones (excluding diaryl/α,β-unsaturated/α-hetero) is 1. The Morgan fingerprint density at radius 2 is 2.25 bits per heavy atom. The van der Waals surface area contributed by atoms with Crippen LogP contribution in [0.5, 0.6) is 0 Å². The van der Waals surface area contributed by atoms with Gasteiger partial charge >= 0.3 is 0 Å². The van der Waals surface area contributed by atoms with E-state index in [9.17, 15) is 4.79 Å². The van der Waals surface area contributed by atoms with Crippen molar-refractivity contribution < 1.29 is 9.21 Å². The van der Waals surface area contributed by atoms with Gasteiger partial charge in [0.1, 0.15) is 5.58 Å². The molecule has 0 bridgehead atoms. The highest BCUT2D eigenvalue weighted by Gasteiger charge is 2.12. The molecule has 0 N–H and O–H groups in total. The Balaban J connectivity index is 2.32. The van der Waals surface area contributed by atoms with Gasteiger partial charge in [0, 0.05) is 17.7 Å². The monoisotopic (exact) mass is 236 g/mol. The Hall–Kier alpha value is -1.28. The zero-order valence-electron chi connectivity index (χ0n) is 9.13. The van der Waals surface area contributed by atoms with Crippen molar-refractivity contribution in [1.29, 1.82) is 0 Å². The number of furan rings is 1. The summed E-state index contributed by atoms with van der Waals surface area (Å²) >= 11 is 5.55. The van der Waals surface area contributed by atoms with Gasteiger partial charge in [0.05, 0.1) is 0 Å². The Morgan fingerprint density at radius 1 is 1.44 bits per heavy atom. The van der Waals surface area contributed by atoms with E-state index in [-0.39, 0.29) is 5.78 Å². The average Bonchev–Trinajstić information content (AvgIpc) is 2.71. The molecule has 2 aromatic rings. The van der Waals surface area contributed by atoms with Crippen LogP contribution in [-0.2, 0) is 0 Å². The van der Waals surface area contributed by atoms with Crippen LogP contribution < -0.4 is 0 Å².